The molecule has 0 aliphatic carbocycles. The molecule has 0 unspecified atom stereocenters. The van der Waals surface area contributed by atoms with Gasteiger partial charge in [0.25, 0.3) is 0 Å². The van der Waals surface area contributed by atoms with E-state index in [2.05, 4.69) is 13.0 Å². The average molecular weight is 212 g/mol. The number of hydrogen-bond donors (Lipinski definition) is 1. The van der Waals surface area contributed by atoms with E-state index in [4.69, 9.17) is 0 Å². The lowest BCUT2D eigenvalue weighted by molar-refractivity contribution is 0.472. The van der Waals surface area contributed by atoms with Crippen LogP contribution in [0.15, 0.2) is 42.5 Å². The average Bonchev–Trinajstić information content (AvgIpc) is 2.34. The maximum absolute atomic E-state index is 10.2. The van der Waals surface area contributed by atoms with Crippen molar-refractivity contribution in [2.24, 2.45) is 0 Å². The minimum absolute atomic E-state index is 0.408. The van der Waals surface area contributed by atoms with E-state index in [1.165, 1.54) is 5.56 Å². The second-order valence-corrected chi connectivity index (χ2v) is 3.97. The first kappa shape index (κ1) is 10.7. The molecule has 0 spiro atoms. The van der Waals surface area contributed by atoms with Gasteiger partial charge in [0.05, 0.1) is 0 Å². The third kappa shape index (κ3) is 1.81. The maximum Gasteiger partial charge on any atom is 0.126 e. The fraction of sp³-hybridized carbons (Fsp3) is 0.200. The van der Waals surface area contributed by atoms with Crippen molar-refractivity contribution in [1.82, 2.24) is 0 Å². The Bertz CT molecular complexity index is 486. The first-order valence-corrected chi connectivity index (χ1v) is 5.61. The molecular weight excluding hydrogens is 196 g/mol. The number of aromatic hydroxyl groups is 1. The topological polar surface area (TPSA) is 20.2 Å². The summed E-state index contributed by atoms with van der Waals surface area (Å²) in [6.45, 7) is 4.07. The fourth-order valence-electron chi connectivity index (χ4n) is 1.98. The Kier molecular flexibility index (Phi) is 2.95. The van der Waals surface area contributed by atoms with Gasteiger partial charge in [0.2, 0.25) is 0 Å². The van der Waals surface area contributed by atoms with Crippen molar-refractivity contribution in [3.63, 3.8) is 0 Å². The summed E-state index contributed by atoms with van der Waals surface area (Å²) in [5.41, 5.74) is 4.17. The first-order valence-electron chi connectivity index (χ1n) is 5.61. The highest BCUT2D eigenvalue weighted by atomic mass is 16.3. The summed E-state index contributed by atoms with van der Waals surface area (Å²) in [7, 11) is 0. The summed E-state index contributed by atoms with van der Waals surface area (Å²) in [4.78, 5) is 0. The highest BCUT2D eigenvalue weighted by molar-refractivity contribution is 5.72. The smallest absolute Gasteiger partial charge is 0.126 e. The third-order valence-electron chi connectivity index (χ3n) is 3.01. The molecule has 0 radical (unpaired) electrons. The Hall–Kier alpha value is -1.76. The lowest BCUT2D eigenvalue weighted by Gasteiger charge is -2.10. The zero-order chi connectivity index (χ0) is 11.5. The molecule has 2 aromatic rings. The van der Waals surface area contributed by atoms with Crippen LogP contribution in [0.2, 0.25) is 0 Å². The van der Waals surface area contributed by atoms with Crippen molar-refractivity contribution in [2.45, 2.75) is 20.3 Å². The van der Waals surface area contributed by atoms with Gasteiger partial charge in [-0.05, 0) is 30.0 Å². The highest BCUT2D eigenvalue weighted by Crippen LogP contribution is 2.33. The molecule has 0 aliphatic heterocycles. The number of hydrogen-bond acceptors (Lipinski definition) is 1. The fourth-order valence-corrected chi connectivity index (χ4v) is 1.98. The van der Waals surface area contributed by atoms with Crippen molar-refractivity contribution in [1.29, 1.82) is 0 Å². The second kappa shape index (κ2) is 4.40. The Balaban J connectivity index is 2.56. The lowest BCUT2D eigenvalue weighted by Crippen LogP contribution is -1.89. The van der Waals surface area contributed by atoms with Gasteiger partial charge < -0.3 is 5.11 Å². The van der Waals surface area contributed by atoms with Crippen LogP contribution in [0.1, 0.15) is 18.1 Å². The van der Waals surface area contributed by atoms with Crippen molar-refractivity contribution in [3.05, 3.63) is 53.6 Å². The molecule has 2 rings (SSSR count). The van der Waals surface area contributed by atoms with E-state index < -0.39 is 0 Å². The van der Waals surface area contributed by atoms with E-state index in [1.54, 1.807) is 0 Å². The van der Waals surface area contributed by atoms with E-state index in [1.807, 2.05) is 43.3 Å². The predicted octanol–water partition coefficient (Wildman–Crippen LogP) is 3.93. The molecule has 82 valence electrons. The van der Waals surface area contributed by atoms with Gasteiger partial charge in [-0.1, -0.05) is 49.4 Å². The molecule has 0 aromatic heterocycles. The van der Waals surface area contributed by atoms with Crippen molar-refractivity contribution in [3.8, 4) is 16.9 Å². The standard InChI is InChI=1S/C15H16O/c1-3-12-9-10-14(15(16)11(12)2)13-7-5-4-6-8-13/h4-10,16H,3H2,1-2H3. The van der Waals surface area contributed by atoms with E-state index in [0.29, 0.717) is 5.75 Å². The molecule has 0 saturated carbocycles. The van der Waals surface area contributed by atoms with E-state index in [9.17, 15) is 5.11 Å². The van der Waals surface area contributed by atoms with Crippen LogP contribution >= 0.6 is 0 Å². The quantitative estimate of drug-likeness (QED) is 0.799. The van der Waals surface area contributed by atoms with Gasteiger partial charge in [-0.3, -0.25) is 0 Å². The number of aryl methyl sites for hydroxylation is 1. The molecule has 2 aromatic carbocycles. The monoisotopic (exact) mass is 212 g/mol. The van der Waals surface area contributed by atoms with Crippen LogP contribution in [0.25, 0.3) is 11.1 Å². The minimum Gasteiger partial charge on any atom is -0.507 e. The van der Waals surface area contributed by atoms with Crippen LogP contribution in [0.5, 0.6) is 5.75 Å². The van der Waals surface area contributed by atoms with Crippen LogP contribution in [0, 0.1) is 6.92 Å². The van der Waals surface area contributed by atoms with E-state index in [0.717, 1.165) is 23.1 Å². The Morgan fingerprint density at radius 1 is 1.00 bits per heavy atom. The molecule has 16 heavy (non-hydrogen) atoms. The van der Waals surface area contributed by atoms with E-state index in [-0.39, 0.29) is 0 Å². The third-order valence-corrected chi connectivity index (χ3v) is 3.01. The summed E-state index contributed by atoms with van der Waals surface area (Å²) >= 11 is 0. The lowest BCUT2D eigenvalue weighted by atomic mass is 9.97. The van der Waals surface area contributed by atoms with Crippen LogP contribution in [-0.4, -0.2) is 5.11 Å². The van der Waals surface area contributed by atoms with Crippen LogP contribution in [0.3, 0.4) is 0 Å². The molecular formula is C15H16O. The van der Waals surface area contributed by atoms with Gasteiger partial charge in [-0.25, -0.2) is 0 Å². The number of rotatable bonds is 2. The summed E-state index contributed by atoms with van der Waals surface area (Å²) in [5, 5.41) is 10.2. The maximum atomic E-state index is 10.2. The van der Waals surface area contributed by atoms with Gasteiger partial charge in [0.1, 0.15) is 5.75 Å². The predicted molar refractivity (Wildman–Crippen MR) is 67.7 cm³/mol. The van der Waals surface area contributed by atoms with Crippen molar-refractivity contribution in [2.75, 3.05) is 0 Å². The van der Waals surface area contributed by atoms with Crippen molar-refractivity contribution >= 4 is 0 Å². The molecule has 0 saturated heterocycles. The molecule has 0 amide bonds. The Labute approximate surface area is 96.4 Å². The molecule has 0 atom stereocenters. The zero-order valence-electron chi connectivity index (χ0n) is 9.70. The first-order chi connectivity index (χ1) is 7.74. The van der Waals surface area contributed by atoms with Crippen LogP contribution in [-0.2, 0) is 6.42 Å². The van der Waals surface area contributed by atoms with Crippen LogP contribution < -0.4 is 0 Å². The van der Waals surface area contributed by atoms with Gasteiger partial charge in [-0.15, -0.1) is 0 Å². The number of phenolic OH excluding ortho intramolecular Hbond substituents is 1. The molecule has 0 aliphatic rings. The summed E-state index contributed by atoms with van der Waals surface area (Å²) in [6.07, 6.45) is 0.953. The normalized spacial score (nSPS) is 10.4. The Morgan fingerprint density at radius 2 is 1.69 bits per heavy atom. The molecule has 1 N–H and O–H groups in total. The van der Waals surface area contributed by atoms with Gasteiger partial charge >= 0.3 is 0 Å². The SMILES string of the molecule is CCc1ccc(-c2ccccc2)c(O)c1C. The molecule has 1 heteroatoms. The number of phenols is 1. The van der Waals surface area contributed by atoms with E-state index >= 15 is 0 Å². The van der Waals surface area contributed by atoms with Crippen molar-refractivity contribution < 1.29 is 5.11 Å². The second-order valence-electron chi connectivity index (χ2n) is 3.97. The largest absolute Gasteiger partial charge is 0.507 e. The molecule has 1 nitrogen and oxygen atoms in total. The molecule has 0 heterocycles. The number of benzene rings is 2. The summed E-state index contributed by atoms with van der Waals surface area (Å²) in [6, 6.07) is 14.1. The molecule has 0 bridgehead atoms. The van der Waals surface area contributed by atoms with Gasteiger partial charge in [0.15, 0.2) is 0 Å². The Morgan fingerprint density at radius 3 is 2.31 bits per heavy atom. The summed E-state index contributed by atoms with van der Waals surface area (Å²) < 4.78 is 0. The van der Waals surface area contributed by atoms with Gasteiger partial charge in [-0.2, -0.15) is 0 Å². The van der Waals surface area contributed by atoms with Crippen LogP contribution in [0.4, 0.5) is 0 Å². The minimum atomic E-state index is 0.408. The van der Waals surface area contributed by atoms with Gasteiger partial charge in [0, 0.05) is 5.56 Å². The summed E-state index contributed by atoms with van der Waals surface area (Å²) in [5.74, 6) is 0.408. The highest BCUT2D eigenvalue weighted by Gasteiger charge is 2.08. The molecule has 0 fully saturated rings. The zero-order valence-corrected chi connectivity index (χ0v) is 9.70.